The van der Waals surface area contributed by atoms with Crippen molar-refractivity contribution in [2.75, 3.05) is 33.8 Å². The third-order valence-electron chi connectivity index (χ3n) is 3.84. The molecular formula is C15H24N4O3. The van der Waals surface area contributed by atoms with Gasteiger partial charge in [0.2, 0.25) is 5.88 Å². The summed E-state index contributed by atoms with van der Waals surface area (Å²) in [4.78, 5) is 27.3. The summed E-state index contributed by atoms with van der Waals surface area (Å²) in [6, 6.07) is 1.60. The zero-order valence-corrected chi connectivity index (χ0v) is 13.7. The highest BCUT2D eigenvalue weighted by molar-refractivity contribution is 5.92. The first-order valence-electron chi connectivity index (χ1n) is 7.54. The molecule has 1 aliphatic rings. The first-order valence-corrected chi connectivity index (χ1v) is 7.54. The summed E-state index contributed by atoms with van der Waals surface area (Å²) in [7, 11) is 5.04. The SMILES string of the molecule is CC1CCCN(C(=O)c2cc(OCC(=O)N(C)C)n(C)n2)C1. The number of likely N-dealkylation sites (tertiary alicyclic amines) is 1. The molecule has 1 fully saturated rings. The minimum absolute atomic E-state index is 0.0685. The van der Waals surface area contributed by atoms with Gasteiger partial charge < -0.3 is 14.5 Å². The van der Waals surface area contributed by atoms with Gasteiger partial charge in [-0.2, -0.15) is 5.10 Å². The number of aryl methyl sites for hydroxylation is 1. The van der Waals surface area contributed by atoms with E-state index >= 15 is 0 Å². The zero-order chi connectivity index (χ0) is 16.3. The van der Waals surface area contributed by atoms with Crippen molar-refractivity contribution >= 4 is 11.8 Å². The first-order chi connectivity index (χ1) is 10.4. The van der Waals surface area contributed by atoms with E-state index in [1.807, 2.05) is 4.90 Å². The maximum atomic E-state index is 12.5. The number of nitrogens with zero attached hydrogens (tertiary/aromatic N) is 4. The maximum Gasteiger partial charge on any atom is 0.274 e. The average Bonchev–Trinajstić information content (AvgIpc) is 2.85. The van der Waals surface area contributed by atoms with Gasteiger partial charge in [-0.25, -0.2) is 4.68 Å². The van der Waals surface area contributed by atoms with Gasteiger partial charge in [0.1, 0.15) is 0 Å². The van der Waals surface area contributed by atoms with E-state index in [0.29, 0.717) is 17.5 Å². The Kier molecular flexibility index (Phi) is 5.05. The van der Waals surface area contributed by atoms with Crippen LogP contribution in [-0.2, 0) is 11.8 Å². The number of hydrogen-bond acceptors (Lipinski definition) is 4. The van der Waals surface area contributed by atoms with Gasteiger partial charge in [-0.3, -0.25) is 9.59 Å². The minimum Gasteiger partial charge on any atom is -0.468 e. The van der Waals surface area contributed by atoms with Crippen molar-refractivity contribution in [2.24, 2.45) is 13.0 Å². The number of hydrogen-bond donors (Lipinski definition) is 0. The third-order valence-corrected chi connectivity index (χ3v) is 3.84. The molecule has 0 aromatic carbocycles. The molecule has 122 valence electrons. The highest BCUT2D eigenvalue weighted by Gasteiger charge is 2.24. The Hall–Kier alpha value is -2.05. The quantitative estimate of drug-likeness (QED) is 0.823. The Morgan fingerprint density at radius 1 is 1.45 bits per heavy atom. The topological polar surface area (TPSA) is 67.7 Å². The molecule has 7 heteroatoms. The van der Waals surface area contributed by atoms with Gasteiger partial charge in [-0.05, 0) is 18.8 Å². The largest absolute Gasteiger partial charge is 0.468 e. The lowest BCUT2D eigenvalue weighted by Crippen LogP contribution is -2.39. The second-order valence-electron chi connectivity index (χ2n) is 6.07. The van der Waals surface area contributed by atoms with Gasteiger partial charge in [0.25, 0.3) is 11.8 Å². The van der Waals surface area contributed by atoms with E-state index in [-0.39, 0.29) is 18.4 Å². The fraction of sp³-hybridized carbons (Fsp3) is 0.667. The summed E-state index contributed by atoms with van der Waals surface area (Å²) in [6.45, 7) is 3.62. The molecule has 0 aliphatic carbocycles. The van der Waals surface area contributed by atoms with Crippen molar-refractivity contribution in [1.82, 2.24) is 19.6 Å². The Morgan fingerprint density at radius 3 is 2.82 bits per heavy atom. The van der Waals surface area contributed by atoms with Crippen molar-refractivity contribution < 1.29 is 14.3 Å². The molecule has 1 unspecified atom stereocenters. The van der Waals surface area contributed by atoms with E-state index < -0.39 is 0 Å². The summed E-state index contributed by atoms with van der Waals surface area (Å²) in [5.41, 5.74) is 0.365. The molecule has 0 radical (unpaired) electrons. The number of ether oxygens (including phenoxy) is 1. The highest BCUT2D eigenvalue weighted by Crippen LogP contribution is 2.19. The molecule has 1 aromatic rings. The molecule has 0 saturated carbocycles. The van der Waals surface area contributed by atoms with Gasteiger partial charge in [-0.15, -0.1) is 0 Å². The Bertz CT molecular complexity index is 553. The van der Waals surface area contributed by atoms with Crippen LogP contribution in [0.4, 0.5) is 0 Å². The van der Waals surface area contributed by atoms with Gasteiger partial charge in [0.15, 0.2) is 12.3 Å². The molecule has 1 aromatic heterocycles. The van der Waals surface area contributed by atoms with Crippen molar-refractivity contribution in [1.29, 1.82) is 0 Å². The molecule has 0 N–H and O–H groups in total. The predicted molar refractivity (Wildman–Crippen MR) is 81.7 cm³/mol. The Labute approximate surface area is 130 Å². The molecule has 0 spiro atoms. The van der Waals surface area contributed by atoms with Crippen molar-refractivity contribution in [2.45, 2.75) is 19.8 Å². The molecule has 2 rings (SSSR count). The number of aromatic nitrogens is 2. The van der Waals surface area contributed by atoms with Crippen LogP contribution < -0.4 is 4.74 Å². The minimum atomic E-state index is -0.140. The van der Waals surface area contributed by atoms with Gasteiger partial charge >= 0.3 is 0 Å². The summed E-state index contributed by atoms with van der Waals surface area (Å²) >= 11 is 0. The van der Waals surface area contributed by atoms with Gasteiger partial charge in [-0.1, -0.05) is 6.92 Å². The van der Waals surface area contributed by atoms with Crippen molar-refractivity contribution in [3.63, 3.8) is 0 Å². The average molecular weight is 308 g/mol. The van der Waals surface area contributed by atoms with E-state index in [9.17, 15) is 9.59 Å². The summed E-state index contributed by atoms with van der Waals surface area (Å²) < 4.78 is 6.93. The van der Waals surface area contributed by atoms with Crippen LogP contribution >= 0.6 is 0 Å². The summed E-state index contributed by atoms with van der Waals surface area (Å²) in [5, 5.41) is 4.21. The maximum absolute atomic E-state index is 12.5. The zero-order valence-electron chi connectivity index (χ0n) is 13.7. The molecule has 1 saturated heterocycles. The van der Waals surface area contributed by atoms with Crippen molar-refractivity contribution in [3.05, 3.63) is 11.8 Å². The first kappa shape index (κ1) is 16.3. The number of likely N-dealkylation sites (N-methyl/N-ethyl adjacent to an activating group) is 1. The van der Waals surface area contributed by atoms with E-state index in [0.717, 1.165) is 25.9 Å². The van der Waals surface area contributed by atoms with Crippen LogP contribution in [0.5, 0.6) is 5.88 Å². The van der Waals surface area contributed by atoms with Crippen LogP contribution in [-0.4, -0.2) is 65.2 Å². The molecule has 0 bridgehead atoms. The molecular weight excluding hydrogens is 284 g/mol. The van der Waals surface area contributed by atoms with Crippen LogP contribution in [0.15, 0.2) is 6.07 Å². The van der Waals surface area contributed by atoms with E-state index in [4.69, 9.17) is 4.74 Å². The van der Waals surface area contributed by atoms with Crippen LogP contribution in [0.1, 0.15) is 30.3 Å². The number of rotatable bonds is 4. The lowest BCUT2D eigenvalue weighted by Gasteiger charge is -2.30. The second-order valence-corrected chi connectivity index (χ2v) is 6.07. The van der Waals surface area contributed by atoms with Crippen LogP contribution in [0.2, 0.25) is 0 Å². The monoisotopic (exact) mass is 308 g/mol. The van der Waals surface area contributed by atoms with Gasteiger partial charge in [0.05, 0.1) is 0 Å². The predicted octanol–water partition coefficient (Wildman–Crippen LogP) is 0.759. The molecule has 1 aliphatic heterocycles. The summed E-state index contributed by atoms with van der Waals surface area (Å²) in [5.74, 6) is 0.730. The van der Waals surface area contributed by atoms with Gasteiger partial charge in [0, 0.05) is 40.3 Å². The van der Waals surface area contributed by atoms with Crippen LogP contribution in [0, 0.1) is 5.92 Å². The highest BCUT2D eigenvalue weighted by atomic mass is 16.5. The Morgan fingerprint density at radius 2 is 2.18 bits per heavy atom. The Balaban J connectivity index is 2.02. The van der Waals surface area contributed by atoms with E-state index in [1.165, 1.54) is 9.58 Å². The fourth-order valence-electron chi connectivity index (χ4n) is 2.49. The normalized spacial score (nSPS) is 18.2. The number of piperidine rings is 1. The number of carbonyl (C=O) groups is 2. The molecule has 1 atom stereocenters. The lowest BCUT2D eigenvalue weighted by molar-refractivity contribution is -0.130. The second kappa shape index (κ2) is 6.81. The molecule has 22 heavy (non-hydrogen) atoms. The van der Waals surface area contributed by atoms with E-state index in [2.05, 4.69) is 12.0 Å². The van der Waals surface area contributed by atoms with Crippen LogP contribution in [0.25, 0.3) is 0 Å². The fourth-order valence-corrected chi connectivity index (χ4v) is 2.49. The molecule has 2 amide bonds. The number of amides is 2. The van der Waals surface area contributed by atoms with E-state index in [1.54, 1.807) is 27.2 Å². The lowest BCUT2D eigenvalue weighted by atomic mass is 10.0. The standard InChI is InChI=1S/C15H24N4O3/c1-11-6-5-7-19(9-11)15(21)12-8-14(18(4)16-12)22-10-13(20)17(2)3/h8,11H,5-7,9-10H2,1-4H3. The van der Waals surface area contributed by atoms with Crippen LogP contribution in [0.3, 0.4) is 0 Å². The van der Waals surface area contributed by atoms with Crippen molar-refractivity contribution in [3.8, 4) is 5.88 Å². The molecule has 2 heterocycles. The smallest absolute Gasteiger partial charge is 0.274 e. The third kappa shape index (κ3) is 3.78. The number of carbonyl (C=O) groups excluding carboxylic acids is 2. The summed E-state index contributed by atoms with van der Waals surface area (Å²) in [6.07, 6.45) is 2.19. The molecule has 7 nitrogen and oxygen atoms in total.